The van der Waals surface area contributed by atoms with Gasteiger partial charge in [-0.1, -0.05) is 30.3 Å². The lowest BCUT2D eigenvalue weighted by atomic mass is 10.0. The molecule has 1 amide bonds. The summed E-state index contributed by atoms with van der Waals surface area (Å²) in [7, 11) is -3.62. The maximum absolute atomic E-state index is 12.2. The van der Waals surface area contributed by atoms with Crippen molar-refractivity contribution in [3.8, 4) is 0 Å². The third-order valence-electron chi connectivity index (χ3n) is 3.36. The smallest absolute Gasteiger partial charge is 0.305 e. The molecule has 0 heterocycles. The molecule has 1 unspecified atom stereocenters. The molecule has 0 radical (unpaired) electrons. The number of benzene rings is 1. The molecule has 0 aromatic heterocycles. The highest BCUT2D eigenvalue weighted by atomic mass is 32.2. The van der Waals surface area contributed by atoms with Gasteiger partial charge in [-0.05, 0) is 19.4 Å². The van der Waals surface area contributed by atoms with E-state index in [9.17, 15) is 18.0 Å². The number of aliphatic carboxylic acids is 1. The van der Waals surface area contributed by atoms with Gasteiger partial charge < -0.3 is 10.4 Å². The van der Waals surface area contributed by atoms with Crippen LogP contribution < -0.4 is 5.32 Å². The molecule has 1 rings (SSSR count). The molecule has 0 saturated carbocycles. The Kier molecular flexibility index (Phi) is 5.11. The summed E-state index contributed by atoms with van der Waals surface area (Å²) in [6, 6.07) is 7.79. The average Bonchev–Trinajstić information content (AvgIpc) is 2.37. The molecule has 0 saturated heterocycles. The molecule has 2 N–H and O–H groups in total. The van der Waals surface area contributed by atoms with Crippen LogP contribution >= 0.6 is 0 Å². The minimum Gasteiger partial charge on any atom is -0.481 e. The first-order valence-electron chi connectivity index (χ1n) is 6.33. The Balaban J connectivity index is 3.03. The van der Waals surface area contributed by atoms with Crippen molar-refractivity contribution in [2.75, 3.05) is 6.26 Å². The number of hydrogen-bond donors (Lipinski definition) is 2. The molecular formula is C14H19NO5S. The highest BCUT2D eigenvalue weighted by Gasteiger charge is 2.39. The molecule has 116 valence electrons. The van der Waals surface area contributed by atoms with E-state index >= 15 is 0 Å². The van der Waals surface area contributed by atoms with E-state index in [1.165, 1.54) is 13.8 Å². The Labute approximate surface area is 124 Å². The molecule has 1 atom stereocenters. The van der Waals surface area contributed by atoms with Crippen LogP contribution in [-0.4, -0.2) is 36.4 Å². The summed E-state index contributed by atoms with van der Waals surface area (Å²) in [5.74, 6) is -1.80. The SMILES string of the molecule is CC(C)(C(=O)NC(CC(=O)O)c1ccccc1)S(C)(=O)=O. The summed E-state index contributed by atoms with van der Waals surface area (Å²) in [5, 5.41) is 11.5. The molecule has 0 fully saturated rings. The van der Waals surface area contributed by atoms with Crippen LogP contribution in [0.15, 0.2) is 30.3 Å². The number of carbonyl (C=O) groups excluding carboxylic acids is 1. The Morgan fingerprint density at radius 1 is 1.24 bits per heavy atom. The topological polar surface area (TPSA) is 101 Å². The average molecular weight is 313 g/mol. The number of amides is 1. The third-order valence-corrected chi connectivity index (χ3v) is 5.40. The normalized spacial score (nSPS) is 13.5. The van der Waals surface area contributed by atoms with E-state index in [-0.39, 0.29) is 6.42 Å². The Morgan fingerprint density at radius 2 is 1.76 bits per heavy atom. The van der Waals surface area contributed by atoms with E-state index in [4.69, 9.17) is 5.11 Å². The van der Waals surface area contributed by atoms with Gasteiger partial charge in [0.2, 0.25) is 5.91 Å². The van der Waals surface area contributed by atoms with Gasteiger partial charge >= 0.3 is 5.97 Å². The number of carbonyl (C=O) groups is 2. The van der Waals surface area contributed by atoms with E-state index in [2.05, 4.69) is 5.32 Å². The second kappa shape index (κ2) is 6.26. The zero-order chi connectivity index (χ0) is 16.3. The van der Waals surface area contributed by atoms with E-state index < -0.39 is 32.5 Å². The van der Waals surface area contributed by atoms with Gasteiger partial charge in [0.25, 0.3) is 0 Å². The highest BCUT2D eigenvalue weighted by Crippen LogP contribution is 2.21. The number of hydrogen-bond acceptors (Lipinski definition) is 4. The predicted octanol–water partition coefficient (Wildman–Crippen LogP) is 1.14. The number of rotatable bonds is 6. The van der Waals surface area contributed by atoms with Crippen molar-refractivity contribution in [3.63, 3.8) is 0 Å². The number of carboxylic acid groups (broad SMARTS) is 1. The molecule has 1 aromatic carbocycles. The highest BCUT2D eigenvalue weighted by molar-refractivity contribution is 7.92. The number of sulfone groups is 1. The Hall–Kier alpha value is -1.89. The Bertz CT molecular complexity index is 622. The van der Waals surface area contributed by atoms with Crippen LogP contribution in [0.25, 0.3) is 0 Å². The second-order valence-electron chi connectivity index (χ2n) is 5.32. The van der Waals surface area contributed by atoms with Crippen molar-refractivity contribution >= 4 is 21.7 Å². The van der Waals surface area contributed by atoms with Crippen LogP contribution in [0.4, 0.5) is 0 Å². The third kappa shape index (κ3) is 4.29. The van der Waals surface area contributed by atoms with Crippen LogP contribution in [0.2, 0.25) is 0 Å². The molecule has 0 aliphatic heterocycles. The predicted molar refractivity (Wildman–Crippen MR) is 78.5 cm³/mol. The van der Waals surface area contributed by atoms with Crippen molar-refractivity contribution in [3.05, 3.63) is 35.9 Å². The summed E-state index contributed by atoms with van der Waals surface area (Å²) < 4.78 is 21.7. The van der Waals surface area contributed by atoms with Crippen LogP contribution in [0.1, 0.15) is 31.9 Å². The van der Waals surface area contributed by atoms with Gasteiger partial charge in [-0.3, -0.25) is 9.59 Å². The molecule has 0 aliphatic carbocycles. The van der Waals surface area contributed by atoms with Gasteiger partial charge in [0.1, 0.15) is 4.75 Å². The largest absolute Gasteiger partial charge is 0.481 e. The minimum absolute atomic E-state index is 0.324. The van der Waals surface area contributed by atoms with Gasteiger partial charge in [-0.15, -0.1) is 0 Å². The summed E-state index contributed by atoms with van der Waals surface area (Å²) in [5.41, 5.74) is 0.609. The van der Waals surface area contributed by atoms with Gasteiger partial charge in [0.05, 0.1) is 12.5 Å². The first-order chi connectivity index (χ1) is 9.55. The fourth-order valence-corrected chi connectivity index (χ4v) is 2.01. The van der Waals surface area contributed by atoms with E-state index in [0.717, 1.165) is 6.26 Å². The standard InChI is InChI=1S/C14H19NO5S/c1-14(2,21(3,19)20)13(18)15-11(9-12(16)17)10-7-5-4-6-8-10/h4-8,11H,9H2,1-3H3,(H,15,18)(H,16,17). The lowest BCUT2D eigenvalue weighted by molar-refractivity contribution is -0.137. The first kappa shape index (κ1) is 17.2. The maximum atomic E-state index is 12.2. The van der Waals surface area contributed by atoms with Crippen LogP contribution in [0.5, 0.6) is 0 Å². The van der Waals surface area contributed by atoms with Gasteiger partial charge in [0, 0.05) is 6.26 Å². The van der Waals surface area contributed by atoms with Crippen molar-refractivity contribution in [2.24, 2.45) is 0 Å². The van der Waals surface area contributed by atoms with Crippen LogP contribution in [0.3, 0.4) is 0 Å². The van der Waals surface area contributed by atoms with Crippen molar-refractivity contribution in [2.45, 2.75) is 31.1 Å². The fraction of sp³-hybridized carbons (Fsp3) is 0.429. The summed E-state index contributed by atoms with van der Waals surface area (Å²) in [6.07, 6.45) is 0.650. The van der Waals surface area contributed by atoms with Crippen molar-refractivity contribution in [1.29, 1.82) is 0 Å². The quantitative estimate of drug-likeness (QED) is 0.820. The molecule has 21 heavy (non-hydrogen) atoms. The lowest BCUT2D eigenvalue weighted by Crippen LogP contribution is -2.48. The van der Waals surface area contributed by atoms with E-state index in [1.807, 2.05) is 0 Å². The molecule has 7 heteroatoms. The molecule has 0 bridgehead atoms. The van der Waals surface area contributed by atoms with Gasteiger partial charge in [-0.25, -0.2) is 8.42 Å². The number of carboxylic acids is 1. The van der Waals surface area contributed by atoms with Gasteiger partial charge in [-0.2, -0.15) is 0 Å². The van der Waals surface area contributed by atoms with E-state index in [0.29, 0.717) is 5.56 Å². The lowest BCUT2D eigenvalue weighted by Gasteiger charge is -2.25. The summed E-state index contributed by atoms with van der Waals surface area (Å²) in [4.78, 5) is 23.1. The first-order valence-corrected chi connectivity index (χ1v) is 8.22. The Morgan fingerprint density at radius 3 is 2.19 bits per heavy atom. The van der Waals surface area contributed by atoms with Crippen LogP contribution in [0, 0.1) is 0 Å². The molecule has 0 aliphatic rings. The summed E-state index contributed by atoms with van der Waals surface area (Å²) >= 11 is 0. The van der Waals surface area contributed by atoms with Crippen molar-refractivity contribution < 1.29 is 23.1 Å². The van der Waals surface area contributed by atoms with E-state index in [1.54, 1.807) is 30.3 Å². The monoisotopic (exact) mass is 313 g/mol. The number of nitrogens with one attached hydrogen (secondary N) is 1. The molecular weight excluding hydrogens is 294 g/mol. The van der Waals surface area contributed by atoms with Crippen molar-refractivity contribution in [1.82, 2.24) is 5.32 Å². The zero-order valence-corrected chi connectivity index (χ0v) is 13.0. The van der Waals surface area contributed by atoms with Crippen LogP contribution in [-0.2, 0) is 19.4 Å². The minimum atomic E-state index is -3.62. The summed E-state index contributed by atoms with van der Waals surface area (Å²) in [6.45, 7) is 2.58. The zero-order valence-electron chi connectivity index (χ0n) is 12.2. The molecule has 1 aromatic rings. The fourth-order valence-electron chi connectivity index (χ4n) is 1.61. The maximum Gasteiger partial charge on any atom is 0.305 e. The second-order valence-corrected chi connectivity index (χ2v) is 7.88. The molecule has 0 spiro atoms. The molecule has 6 nitrogen and oxygen atoms in total. The van der Waals surface area contributed by atoms with Gasteiger partial charge in [0.15, 0.2) is 9.84 Å².